The van der Waals surface area contributed by atoms with Crippen LogP contribution in [0.15, 0.2) is 48.9 Å². The molecule has 0 aliphatic heterocycles. The molecule has 182 valence electrons. The van der Waals surface area contributed by atoms with Crippen LogP contribution in [0.25, 0.3) is 10.9 Å². The van der Waals surface area contributed by atoms with Crippen LogP contribution < -0.4 is 10.6 Å². The van der Waals surface area contributed by atoms with Crippen molar-refractivity contribution < 1.29 is 0 Å². The van der Waals surface area contributed by atoms with E-state index in [2.05, 4.69) is 57.8 Å². The predicted octanol–water partition coefficient (Wildman–Crippen LogP) is 4.49. The first-order valence-corrected chi connectivity index (χ1v) is 12.4. The van der Waals surface area contributed by atoms with Crippen LogP contribution in [0.2, 0.25) is 5.02 Å². The number of hydrogen-bond donors (Lipinski definition) is 2. The largest absolute Gasteiger partial charge is 0.377 e. The van der Waals surface area contributed by atoms with Crippen LogP contribution in [-0.4, -0.2) is 39.4 Å². The molecule has 10 heteroatoms. The lowest BCUT2D eigenvalue weighted by Gasteiger charge is -2.32. The zero-order valence-electron chi connectivity index (χ0n) is 20.9. The monoisotopic (exact) mass is 498 g/mol. The molecule has 4 aromatic rings. The first-order valence-electron chi connectivity index (χ1n) is 12.1. The Balaban J connectivity index is 1.62. The third-order valence-electron chi connectivity index (χ3n) is 6.40. The highest BCUT2D eigenvalue weighted by molar-refractivity contribution is 6.33. The molecule has 0 saturated heterocycles. The Morgan fingerprint density at radius 2 is 1.97 bits per heavy atom. The molecule has 2 aromatic carbocycles. The van der Waals surface area contributed by atoms with E-state index in [9.17, 15) is 5.26 Å². The van der Waals surface area contributed by atoms with Crippen molar-refractivity contribution in [1.82, 2.24) is 25.0 Å². The molecule has 8 nitrogen and oxygen atoms in total. The smallest absolute Gasteiger partial charge is 0.148 e. The molecule has 2 heterocycles. The van der Waals surface area contributed by atoms with E-state index < -0.39 is 5.44 Å². The zero-order valence-corrected chi connectivity index (χ0v) is 21.6. The number of fused-ring (bicyclic) bond motifs is 1. The summed E-state index contributed by atoms with van der Waals surface area (Å²) in [5, 5.41) is 27.3. The van der Waals surface area contributed by atoms with E-state index in [-0.39, 0.29) is 5.41 Å². The lowest BCUT2D eigenvalue weighted by Crippen LogP contribution is -2.38. The third kappa shape index (κ3) is 4.73. The SMILES string of the molecule is BC(Nc1cc(C#N)c2ncnc(NCC(C)(C)C)c2c1)(c1cn(C2CC2)nn1)c1ccccc1Cl. The summed E-state index contributed by atoms with van der Waals surface area (Å²) in [6, 6.07) is 14.2. The lowest BCUT2D eigenvalue weighted by molar-refractivity contribution is 0.442. The molecular weight excluding hydrogens is 471 g/mol. The average Bonchev–Trinajstić information content (AvgIpc) is 3.57. The van der Waals surface area contributed by atoms with Gasteiger partial charge in [-0.05, 0) is 42.0 Å². The molecule has 1 saturated carbocycles. The molecule has 1 aliphatic rings. The molecule has 5 rings (SSSR count). The van der Waals surface area contributed by atoms with Crippen molar-refractivity contribution in [3.05, 3.63) is 70.8 Å². The van der Waals surface area contributed by atoms with E-state index in [0.29, 0.717) is 28.0 Å². The maximum atomic E-state index is 9.95. The second-order valence-electron chi connectivity index (χ2n) is 10.7. The Hall–Kier alpha value is -3.64. The Morgan fingerprint density at radius 1 is 1.19 bits per heavy atom. The molecule has 0 radical (unpaired) electrons. The second-order valence-corrected chi connectivity index (χ2v) is 11.1. The molecule has 36 heavy (non-hydrogen) atoms. The molecule has 1 atom stereocenters. The highest BCUT2D eigenvalue weighted by atomic mass is 35.5. The molecule has 0 amide bonds. The number of nitrogens with one attached hydrogen (secondary N) is 2. The van der Waals surface area contributed by atoms with Gasteiger partial charge in [0, 0.05) is 22.6 Å². The average molecular weight is 499 g/mol. The predicted molar refractivity (Wildman–Crippen MR) is 145 cm³/mol. The van der Waals surface area contributed by atoms with Crippen molar-refractivity contribution in [3.8, 4) is 6.07 Å². The summed E-state index contributed by atoms with van der Waals surface area (Å²) in [5.41, 5.74) is 2.66. The van der Waals surface area contributed by atoms with E-state index in [1.807, 2.05) is 55.1 Å². The normalized spacial score (nSPS) is 15.3. The van der Waals surface area contributed by atoms with Gasteiger partial charge in [-0.1, -0.05) is 55.8 Å². The Bertz CT molecular complexity index is 1470. The van der Waals surface area contributed by atoms with Crippen LogP contribution in [0.5, 0.6) is 0 Å². The van der Waals surface area contributed by atoms with Gasteiger partial charge in [-0.2, -0.15) is 5.26 Å². The van der Waals surface area contributed by atoms with Gasteiger partial charge in [0.15, 0.2) is 0 Å². The quantitative estimate of drug-likeness (QED) is 0.362. The van der Waals surface area contributed by atoms with E-state index in [1.165, 1.54) is 6.33 Å². The van der Waals surface area contributed by atoms with Crippen molar-refractivity contribution in [2.45, 2.75) is 45.1 Å². The van der Waals surface area contributed by atoms with Crippen molar-refractivity contribution in [1.29, 1.82) is 5.26 Å². The van der Waals surface area contributed by atoms with E-state index in [0.717, 1.165) is 41.7 Å². The van der Waals surface area contributed by atoms with Gasteiger partial charge in [0.05, 0.1) is 28.8 Å². The molecule has 1 aliphatic carbocycles. The van der Waals surface area contributed by atoms with Gasteiger partial charge in [0.25, 0.3) is 0 Å². The maximum Gasteiger partial charge on any atom is 0.148 e. The van der Waals surface area contributed by atoms with Gasteiger partial charge in [-0.3, -0.25) is 0 Å². The minimum absolute atomic E-state index is 0.0568. The minimum Gasteiger partial charge on any atom is -0.377 e. The first kappa shape index (κ1) is 24.1. The number of hydrogen-bond acceptors (Lipinski definition) is 7. The highest BCUT2D eigenvalue weighted by Gasteiger charge is 2.36. The Labute approximate surface area is 216 Å². The number of nitriles is 1. The van der Waals surface area contributed by atoms with Crippen molar-refractivity contribution >= 4 is 41.9 Å². The fraction of sp³-hybridized carbons (Fsp3) is 0.346. The molecule has 0 spiro atoms. The summed E-state index contributed by atoms with van der Waals surface area (Å²) >= 11 is 6.69. The van der Waals surface area contributed by atoms with Gasteiger partial charge in [-0.15, -0.1) is 5.10 Å². The number of rotatable bonds is 7. The van der Waals surface area contributed by atoms with Gasteiger partial charge in [0.1, 0.15) is 31.8 Å². The number of anilines is 2. The number of benzene rings is 2. The molecule has 2 N–H and O–H groups in total. The van der Waals surface area contributed by atoms with Gasteiger partial charge < -0.3 is 10.6 Å². The minimum atomic E-state index is -0.805. The lowest BCUT2D eigenvalue weighted by atomic mass is 9.69. The molecule has 0 bridgehead atoms. The van der Waals surface area contributed by atoms with E-state index in [4.69, 9.17) is 11.6 Å². The summed E-state index contributed by atoms with van der Waals surface area (Å²) in [4.78, 5) is 8.88. The fourth-order valence-electron chi connectivity index (χ4n) is 4.26. The molecule has 1 unspecified atom stereocenters. The summed E-state index contributed by atoms with van der Waals surface area (Å²) < 4.78 is 1.93. The topological polar surface area (TPSA) is 104 Å². The second kappa shape index (κ2) is 9.10. The summed E-state index contributed by atoms with van der Waals surface area (Å²) in [6.07, 6.45) is 5.70. The van der Waals surface area contributed by atoms with Gasteiger partial charge in [0.2, 0.25) is 0 Å². The molecule has 1 fully saturated rings. The van der Waals surface area contributed by atoms with Crippen molar-refractivity contribution in [2.75, 3.05) is 17.2 Å². The van der Waals surface area contributed by atoms with Gasteiger partial charge >= 0.3 is 0 Å². The summed E-state index contributed by atoms with van der Waals surface area (Å²) in [7, 11) is 2.03. The summed E-state index contributed by atoms with van der Waals surface area (Å²) in [6.45, 7) is 7.18. The van der Waals surface area contributed by atoms with Crippen LogP contribution >= 0.6 is 11.6 Å². The zero-order chi connectivity index (χ0) is 25.5. The van der Waals surface area contributed by atoms with Crippen LogP contribution in [0.4, 0.5) is 11.5 Å². The highest BCUT2D eigenvalue weighted by Crippen LogP contribution is 2.38. The Morgan fingerprint density at radius 3 is 2.67 bits per heavy atom. The Kier molecular flexibility index (Phi) is 6.09. The van der Waals surface area contributed by atoms with Crippen molar-refractivity contribution in [3.63, 3.8) is 0 Å². The first-order chi connectivity index (χ1) is 17.2. The molecule has 2 aromatic heterocycles. The molecular formula is C26H28BClN8. The van der Waals surface area contributed by atoms with E-state index >= 15 is 0 Å². The maximum absolute atomic E-state index is 9.95. The van der Waals surface area contributed by atoms with Crippen LogP contribution in [0, 0.1) is 16.7 Å². The van der Waals surface area contributed by atoms with Crippen molar-refractivity contribution in [2.24, 2.45) is 5.41 Å². The standard InChI is InChI=1S/C26H28BClN8/c1-25(2,3)14-30-24-19-11-17(10-16(12-29)23(19)31-15-32-24)33-26(27,20-6-4-5-7-21(20)28)22-13-36(35-34-22)18-8-9-18/h4-7,10-11,13,15,18,33H,8-9,14,27H2,1-3H3,(H,30,31,32). The van der Waals surface area contributed by atoms with Crippen LogP contribution in [-0.2, 0) is 5.44 Å². The van der Waals surface area contributed by atoms with Gasteiger partial charge in [-0.25, -0.2) is 14.6 Å². The number of halogens is 1. The number of nitrogens with zero attached hydrogens (tertiary/aromatic N) is 6. The van der Waals surface area contributed by atoms with E-state index in [1.54, 1.807) is 0 Å². The summed E-state index contributed by atoms with van der Waals surface area (Å²) in [5.74, 6) is 0.689. The third-order valence-corrected chi connectivity index (χ3v) is 6.73. The van der Waals surface area contributed by atoms with Crippen LogP contribution in [0.3, 0.4) is 0 Å². The van der Waals surface area contributed by atoms with Crippen LogP contribution in [0.1, 0.15) is 56.5 Å². The number of aromatic nitrogens is 5. The fourth-order valence-corrected chi connectivity index (χ4v) is 4.59.